The molecule has 0 bridgehead atoms. The van der Waals surface area contributed by atoms with Crippen LogP contribution in [0.2, 0.25) is 5.02 Å². The average molecular weight is 347 g/mol. The van der Waals surface area contributed by atoms with Crippen LogP contribution in [0.3, 0.4) is 0 Å². The minimum atomic E-state index is -3.90. The van der Waals surface area contributed by atoms with Crippen molar-refractivity contribution in [2.24, 2.45) is 0 Å². The van der Waals surface area contributed by atoms with Gasteiger partial charge in [-0.2, -0.15) is 15.6 Å². The highest BCUT2D eigenvalue weighted by molar-refractivity contribution is 7.89. The van der Waals surface area contributed by atoms with E-state index in [1.165, 1.54) is 30.5 Å². The smallest absolute Gasteiger partial charge is 0.258 e. The molecule has 1 aromatic carbocycles. The Morgan fingerprint density at radius 3 is 2.67 bits per heavy atom. The molecule has 21 heavy (non-hydrogen) atoms. The maximum absolute atomic E-state index is 12.5. The lowest BCUT2D eigenvalue weighted by Crippen LogP contribution is -2.26. The second kappa shape index (κ2) is 6.10. The largest absolute Gasteiger partial charge is 0.270 e. The molecular weight excluding hydrogens is 336 g/mol. The first kappa shape index (κ1) is 15.9. The van der Waals surface area contributed by atoms with Crippen molar-refractivity contribution < 1.29 is 13.3 Å². The number of halogens is 1. The molecule has 0 atom stereocenters. The van der Waals surface area contributed by atoms with E-state index in [0.29, 0.717) is 0 Å². The first-order valence-corrected chi connectivity index (χ1v) is 8.50. The second-order valence-corrected chi connectivity index (χ2v) is 7.47. The van der Waals surface area contributed by atoms with Gasteiger partial charge in [-0.1, -0.05) is 11.6 Å². The van der Waals surface area contributed by atoms with Gasteiger partial charge in [-0.25, -0.2) is 8.42 Å². The Labute approximate surface area is 130 Å². The second-order valence-electron chi connectivity index (χ2n) is 4.26. The number of nitro groups is 1. The maximum atomic E-state index is 12.5. The molecule has 0 N–H and O–H groups in total. The van der Waals surface area contributed by atoms with Crippen LogP contribution in [0.1, 0.15) is 5.56 Å². The van der Waals surface area contributed by atoms with E-state index in [1.54, 1.807) is 0 Å². The molecule has 1 aromatic heterocycles. The highest BCUT2D eigenvalue weighted by Gasteiger charge is 2.26. The standard InChI is InChI=1S/C12H11ClN2O4S2/c1-14(7-9-4-5-20-8-9)21(18,19)12-6-10(15(16)17)2-3-11(12)13/h2-6,8H,7H2,1H3. The molecule has 0 aliphatic rings. The molecule has 112 valence electrons. The van der Waals surface area contributed by atoms with Gasteiger partial charge in [0.15, 0.2) is 0 Å². The summed E-state index contributed by atoms with van der Waals surface area (Å²) in [7, 11) is -2.50. The van der Waals surface area contributed by atoms with Crippen molar-refractivity contribution in [2.45, 2.75) is 11.4 Å². The van der Waals surface area contributed by atoms with Gasteiger partial charge in [0.25, 0.3) is 5.69 Å². The van der Waals surface area contributed by atoms with E-state index >= 15 is 0 Å². The summed E-state index contributed by atoms with van der Waals surface area (Å²) >= 11 is 7.35. The van der Waals surface area contributed by atoms with Crippen LogP contribution >= 0.6 is 22.9 Å². The maximum Gasteiger partial charge on any atom is 0.270 e. The molecule has 9 heteroatoms. The van der Waals surface area contributed by atoms with Crippen molar-refractivity contribution in [2.75, 3.05) is 7.05 Å². The fraction of sp³-hybridized carbons (Fsp3) is 0.167. The van der Waals surface area contributed by atoms with Crippen molar-refractivity contribution in [3.05, 3.63) is 55.7 Å². The van der Waals surface area contributed by atoms with Crippen LogP contribution < -0.4 is 0 Å². The summed E-state index contributed by atoms with van der Waals surface area (Å²) in [5.74, 6) is 0. The molecule has 0 unspecified atom stereocenters. The quantitative estimate of drug-likeness (QED) is 0.615. The topological polar surface area (TPSA) is 80.5 Å². The fourth-order valence-corrected chi connectivity index (χ4v) is 4.00. The minimum Gasteiger partial charge on any atom is -0.258 e. The molecule has 6 nitrogen and oxygen atoms in total. The molecule has 0 radical (unpaired) electrons. The summed E-state index contributed by atoms with van der Waals surface area (Å²) < 4.78 is 26.1. The third-order valence-electron chi connectivity index (χ3n) is 2.80. The molecule has 0 fully saturated rings. The number of thiophene rings is 1. The van der Waals surface area contributed by atoms with Crippen LogP contribution in [0.5, 0.6) is 0 Å². The minimum absolute atomic E-state index is 0.0437. The Balaban J connectivity index is 2.38. The lowest BCUT2D eigenvalue weighted by atomic mass is 10.3. The van der Waals surface area contributed by atoms with Gasteiger partial charge in [0.1, 0.15) is 4.90 Å². The Morgan fingerprint density at radius 2 is 2.10 bits per heavy atom. The van der Waals surface area contributed by atoms with Gasteiger partial charge in [-0.15, -0.1) is 0 Å². The van der Waals surface area contributed by atoms with Gasteiger partial charge in [0, 0.05) is 25.7 Å². The van der Waals surface area contributed by atoms with Gasteiger partial charge in [-0.3, -0.25) is 10.1 Å². The third kappa shape index (κ3) is 3.41. The zero-order valence-corrected chi connectivity index (χ0v) is 13.3. The molecule has 0 saturated carbocycles. The van der Waals surface area contributed by atoms with Crippen molar-refractivity contribution >= 4 is 38.6 Å². The Morgan fingerprint density at radius 1 is 1.38 bits per heavy atom. The van der Waals surface area contributed by atoms with Crippen LogP contribution in [-0.2, 0) is 16.6 Å². The van der Waals surface area contributed by atoms with E-state index in [-0.39, 0.29) is 22.2 Å². The normalized spacial score (nSPS) is 11.8. The average Bonchev–Trinajstić information content (AvgIpc) is 2.91. The van der Waals surface area contributed by atoms with Crippen LogP contribution in [0.15, 0.2) is 39.9 Å². The van der Waals surface area contributed by atoms with Gasteiger partial charge >= 0.3 is 0 Å². The predicted octanol–water partition coefficient (Wildman–Crippen LogP) is 3.13. The molecule has 0 amide bonds. The zero-order chi connectivity index (χ0) is 15.6. The first-order valence-electron chi connectivity index (χ1n) is 5.73. The van der Waals surface area contributed by atoms with E-state index < -0.39 is 14.9 Å². The van der Waals surface area contributed by atoms with Gasteiger partial charge in [0.05, 0.1) is 9.95 Å². The molecule has 0 aliphatic carbocycles. The molecule has 0 saturated heterocycles. The van der Waals surface area contributed by atoms with Crippen LogP contribution in [-0.4, -0.2) is 24.7 Å². The van der Waals surface area contributed by atoms with Crippen LogP contribution in [0, 0.1) is 10.1 Å². The SMILES string of the molecule is CN(Cc1ccsc1)S(=O)(=O)c1cc([N+](=O)[O-])ccc1Cl. The number of non-ortho nitro benzene ring substituents is 1. The number of benzene rings is 1. The van der Waals surface area contributed by atoms with Gasteiger partial charge in [0.2, 0.25) is 10.0 Å². The Hall–Kier alpha value is -1.48. The Bertz CT molecular complexity index is 760. The predicted molar refractivity (Wildman–Crippen MR) is 81.1 cm³/mol. The fourth-order valence-electron chi connectivity index (χ4n) is 1.70. The van der Waals surface area contributed by atoms with Crippen molar-refractivity contribution in [1.82, 2.24) is 4.31 Å². The number of hydrogen-bond donors (Lipinski definition) is 0. The molecule has 2 rings (SSSR count). The monoisotopic (exact) mass is 346 g/mol. The number of hydrogen-bond acceptors (Lipinski definition) is 5. The summed E-state index contributed by atoms with van der Waals surface area (Å²) in [5, 5.41) is 14.4. The molecule has 1 heterocycles. The van der Waals surface area contributed by atoms with E-state index in [9.17, 15) is 18.5 Å². The highest BCUT2D eigenvalue weighted by Crippen LogP contribution is 2.28. The first-order chi connectivity index (χ1) is 9.82. The molecule has 2 aromatic rings. The van der Waals surface area contributed by atoms with E-state index in [0.717, 1.165) is 15.9 Å². The highest BCUT2D eigenvalue weighted by atomic mass is 35.5. The summed E-state index contributed by atoms with van der Waals surface area (Å²) in [4.78, 5) is 9.85. The van der Waals surface area contributed by atoms with Crippen molar-refractivity contribution in [3.63, 3.8) is 0 Å². The van der Waals surface area contributed by atoms with Crippen LogP contribution in [0.25, 0.3) is 0 Å². The lowest BCUT2D eigenvalue weighted by Gasteiger charge is -2.17. The third-order valence-corrected chi connectivity index (χ3v) is 5.82. The van der Waals surface area contributed by atoms with E-state index in [4.69, 9.17) is 11.6 Å². The number of rotatable bonds is 5. The summed E-state index contributed by atoms with van der Waals surface area (Å²) in [6.07, 6.45) is 0. The number of sulfonamides is 1. The van der Waals surface area contributed by atoms with Crippen LogP contribution in [0.4, 0.5) is 5.69 Å². The summed E-state index contributed by atoms with van der Waals surface area (Å²) in [6.45, 7) is 0.171. The zero-order valence-electron chi connectivity index (χ0n) is 10.9. The number of nitro benzene ring substituents is 1. The number of nitrogens with zero attached hydrogens (tertiary/aromatic N) is 2. The van der Waals surface area contributed by atoms with Gasteiger partial charge < -0.3 is 0 Å². The van der Waals surface area contributed by atoms with Crippen molar-refractivity contribution in [3.8, 4) is 0 Å². The lowest BCUT2D eigenvalue weighted by molar-refractivity contribution is -0.385. The van der Waals surface area contributed by atoms with Crippen molar-refractivity contribution in [1.29, 1.82) is 0 Å². The molecule has 0 spiro atoms. The van der Waals surface area contributed by atoms with Gasteiger partial charge in [-0.05, 0) is 28.5 Å². The van der Waals surface area contributed by atoms with E-state index in [2.05, 4.69) is 0 Å². The molecule has 0 aliphatic heterocycles. The molecular formula is C12H11ClN2O4S2. The summed E-state index contributed by atoms with van der Waals surface area (Å²) in [6, 6.07) is 5.17. The summed E-state index contributed by atoms with van der Waals surface area (Å²) in [5.41, 5.74) is 0.523. The van der Waals surface area contributed by atoms with E-state index in [1.807, 2.05) is 16.8 Å². The Kier molecular flexibility index (Phi) is 4.62.